The summed E-state index contributed by atoms with van der Waals surface area (Å²) in [6.07, 6.45) is 3.99. The van der Waals surface area contributed by atoms with Crippen LogP contribution >= 0.6 is 0 Å². The normalized spacial score (nSPS) is 17.2. The summed E-state index contributed by atoms with van der Waals surface area (Å²) in [5.74, 6) is -1.11. The van der Waals surface area contributed by atoms with Gasteiger partial charge in [0.1, 0.15) is 11.5 Å². The highest BCUT2D eigenvalue weighted by molar-refractivity contribution is 7.89. The van der Waals surface area contributed by atoms with Gasteiger partial charge in [0, 0.05) is 24.3 Å². The van der Waals surface area contributed by atoms with E-state index in [1.165, 1.54) is 22.5 Å². The summed E-state index contributed by atoms with van der Waals surface area (Å²) in [7, 11) is -3.99. The molecule has 1 saturated heterocycles. The zero-order chi connectivity index (χ0) is 24.3. The van der Waals surface area contributed by atoms with Gasteiger partial charge in [0.15, 0.2) is 10.7 Å². The number of piperidine rings is 1. The van der Waals surface area contributed by atoms with E-state index < -0.39 is 21.8 Å². The summed E-state index contributed by atoms with van der Waals surface area (Å²) in [5.41, 5.74) is 2.20. The van der Waals surface area contributed by atoms with Crippen LogP contribution in [0.4, 0.5) is 10.1 Å². The Labute approximate surface area is 198 Å². The second kappa shape index (κ2) is 9.90. The van der Waals surface area contributed by atoms with Crippen molar-refractivity contribution in [3.8, 4) is 0 Å². The molecule has 1 aromatic heterocycles. The maximum absolute atomic E-state index is 14.0. The second-order valence-electron chi connectivity index (χ2n) is 8.38. The Morgan fingerprint density at radius 1 is 1.18 bits per heavy atom. The van der Waals surface area contributed by atoms with E-state index in [0.29, 0.717) is 24.1 Å². The van der Waals surface area contributed by atoms with Crippen molar-refractivity contribution in [2.24, 2.45) is 5.92 Å². The van der Waals surface area contributed by atoms with Gasteiger partial charge in [0.25, 0.3) is 0 Å². The molecule has 0 spiro atoms. The average molecular weight is 484 g/mol. The van der Waals surface area contributed by atoms with Crippen LogP contribution in [0.5, 0.6) is 0 Å². The minimum Gasteiger partial charge on any atom is -0.355 e. The first-order valence-electron chi connectivity index (χ1n) is 11.0. The number of anilines is 1. The number of sulfonamides is 1. The molecule has 1 aliphatic heterocycles. The van der Waals surface area contributed by atoms with Crippen LogP contribution in [0.3, 0.4) is 0 Å². The fourth-order valence-electron chi connectivity index (χ4n) is 4.05. The largest absolute Gasteiger partial charge is 0.355 e. The average Bonchev–Trinajstić information content (AvgIpc) is 3.19. The molecule has 2 heterocycles. The van der Waals surface area contributed by atoms with E-state index in [0.717, 1.165) is 5.56 Å². The number of aromatic nitrogens is 1. The predicted molar refractivity (Wildman–Crippen MR) is 128 cm³/mol. The lowest BCUT2D eigenvalue weighted by Crippen LogP contribution is -2.43. The first kappa shape index (κ1) is 23.8. The number of halogens is 1. The Kier molecular flexibility index (Phi) is 6.95. The number of rotatable bonds is 6. The van der Waals surface area contributed by atoms with Crippen molar-refractivity contribution in [2.45, 2.75) is 31.6 Å². The third-order valence-corrected chi connectivity index (χ3v) is 7.82. The summed E-state index contributed by atoms with van der Waals surface area (Å²) in [6, 6.07) is 13.6. The number of nitrogens with one attached hydrogen (secondary N) is 1. The number of carbonyl (C=O) groups is 1. The molecule has 0 bridgehead atoms. The van der Waals surface area contributed by atoms with Gasteiger partial charge in [-0.05, 0) is 62.6 Å². The van der Waals surface area contributed by atoms with Gasteiger partial charge >= 0.3 is 0 Å². The molecule has 0 unspecified atom stereocenters. The summed E-state index contributed by atoms with van der Waals surface area (Å²) in [6.45, 7) is 3.82. The van der Waals surface area contributed by atoms with Crippen LogP contribution in [-0.4, -0.2) is 36.9 Å². The lowest BCUT2D eigenvalue weighted by atomic mass is 9.98. The molecular formula is C25H26FN3O4S. The van der Waals surface area contributed by atoms with Gasteiger partial charge in [-0.3, -0.25) is 4.79 Å². The molecule has 4 rings (SSSR count). The van der Waals surface area contributed by atoms with E-state index >= 15 is 0 Å². The molecule has 1 atom stereocenters. The number of aryl methyl sites for hydroxylation is 2. The van der Waals surface area contributed by atoms with Crippen LogP contribution in [-0.2, 0) is 14.8 Å². The summed E-state index contributed by atoms with van der Waals surface area (Å²) < 4.78 is 47.6. The molecule has 1 fully saturated rings. The van der Waals surface area contributed by atoms with E-state index in [9.17, 15) is 17.6 Å². The lowest BCUT2D eigenvalue weighted by Gasteiger charge is -2.31. The van der Waals surface area contributed by atoms with Gasteiger partial charge < -0.3 is 9.84 Å². The van der Waals surface area contributed by atoms with Crippen LogP contribution in [0, 0.1) is 25.6 Å². The molecule has 1 N–H and O–H groups in total. The lowest BCUT2D eigenvalue weighted by molar-refractivity contribution is -0.120. The van der Waals surface area contributed by atoms with Crippen molar-refractivity contribution in [3.63, 3.8) is 0 Å². The Morgan fingerprint density at radius 3 is 2.74 bits per heavy atom. The van der Waals surface area contributed by atoms with Gasteiger partial charge in [0.2, 0.25) is 15.9 Å². The van der Waals surface area contributed by atoms with Gasteiger partial charge in [-0.15, -0.1) is 0 Å². The Hall–Kier alpha value is -3.30. The third kappa shape index (κ3) is 5.10. The Morgan fingerprint density at radius 2 is 1.97 bits per heavy atom. The summed E-state index contributed by atoms with van der Waals surface area (Å²) >= 11 is 0. The maximum Gasteiger partial charge on any atom is 0.248 e. The van der Waals surface area contributed by atoms with Gasteiger partial charge in [-0.25, -0.2) is 12.8 Å². The molecule has 1 amide bonds. The molecule has 3 aromatic rings. The zero-order valence-electron chi connectivity index (χ0n) is 19.0. The van der Waals surface area contributed by atoms with Crippen LogP contribution in [0.15, 0.2) is 57.9 Å². The Bertz CT molecular complexity index is 1330. The van der Waals surface area contributed by atoms with E-state index in [2.05, 4.69) is 10.5 Å². The van der Waals surface area contributed by atoms with Gasteiger partial charge in [0.05, 0.1) is 5.92 Å². The molecule has 0 saturated carbocycles. The monoisotopic (exact) mass is 483 g/mol. The van der Waals surface area contributed by atoms with Crippen molar-refractivity contribution in [1.82, 2.24) is 9.46 Å². The van der Waals surface area contributed by atoms with Crippen LogP contribution in [0.1, 0.15) is 35.4 Å². The van der Waals surface area contributed by atoms with Crippen LogP contribution < -0.4 is 5.32 Å². The Balaban J connectivity index is 1.54. The molecule has 0 aliphatic carbocycles. The van der Waals surface area contributed by atoms with Crippen molar-refractivity contribution < 1.29 is 22.1 Å². The van der Waals surface area contributed by atoms with E-state index in [4.69, 9.17) is 4.52 Å². The molecule has 2 aromatic carbocycles. The first-order chi connectivity index (χ1) is 16.3. The van der Waals surface area contributed by atoms with E-state index in [1.54, 1.807) is 31.2 Å². The molecular weight excluding hydrogens is 457 g/mol. The molecule has 34 heavy (non-hydrogen) atoms. The van der Waals surface area contributed by atoms with Crippen LogP contribution in [0.25, 0.3) is 12.2 Å². The quantitative estimate of drug-likeness (QED) is 0.551. The number of carbonyl (C=O) groups excluding carboxylic acids is 1. The minimum absolute atomic E-state index is 0.0205. The van der Waals surface area contributed by atoms with Crippen molar-refractivity contribution in [1.29, 1.82) is 0 Å². The summed E-state index contributed by atoms with van der Waals surface area (Å²) in [5, 5.41) is 6.71. The predicted octanol–water partition coefficient (Wildman–Crippen LogP) is 4.64. The highest BCUT2D eigenvalue weighted by atomic mass is 32.2. The summed E-state index contributed by atoms with van der Waals surface area (Å²) in [4.78, 5) is 12.8. The topological polar surface area (TPSA) is 92.5 Å². The smallest absolute Gasteiger partial charge is 0.248 e. The highest BCUT2D eigenvalue weighted by Crippen LogP contribution is 2.30. The number of benzene rings is 2. The van der Waals surface area contributed by atoms with Crippen molar-refractivity contribution in [2.75, 3.05) is 18.4 Å². The van der Waals surface area contributed by atoms with E-state index in [-0.39, 0.29) is 35.3 Å². The third-order valence-electron chi connectivity index (χ3n) is 5.79. The maximum atomic E-state index is 14.0. The van der Waals surface area contributed by atoms with Crippen LogP contribution in [0.2, 0.25) is 0 Å². The van der Waals surface area contributed by atoms with Gasteiger partial charge in [-0.1, -0.05) is 35.5 Å². The number of amides is 1. The number of hydrogen-bond donors (Lipinski definition) is 1. The van der Waals surface area contributed by atoms with E-state index in [1.807, 2.05) is 25.1 Å². The minimum atomic E-state index is -3.99. The zero-order valence-corrected chi connectivity index (χ0v) is 19.8. The molecule has 0 radical (unpaired) electrons. The molecule has 178 valence electrons. The highest BCUT2D eigenvalue weighted by Gasteiger charge is 2.37. The van der Waals surface area contributed by atoms with Crippen molar-refractivity contribution >= 4 is 33.8 Å². The second-order valence-corrected chi connectivity index (χ2v) is 10.3. The number of nitrogens with zero attached hydrogens (tertiary/aromatic N) is 2. The standard InChI is InChI=1S/C25H26FN3O4S/c1-17-7-5-10-21(15-17)27-25(30)20-9-6-14-29(16-20)34(31,32)24-18(2)28-33-23(24)13-12-19-8-3-4-11-22(19)26/h3-5,7-8,10-13,15,20H,6,9,14,16H2,1-2H3,(H,27,30)/b13-12+/t20-/m1/s1. The van der Waals surface area contributed by atoms with Crippen molar-refractivity contribution in [3.05, 3.63) is 76.9 Å². The first-order valence-corrected chi connectivity index (χ1v) is 12.5. The number of hydrogen-bond acceptors (Lipinski definition) is 5. The molecule has 7 nitrogen and oxygen atoms in total. The van der Waals surface area contributed by atoms with Gasteiger partial charge in [-0.2, -0.15) is 4.31 Å². The SMILES string of the molecule is Cc1cccc(NC(=O)[C@@H]2CCCN(S(=O)(=O)c3c(C)noc3/C=C/c3ccccc3F)C2)c1. The fourth-order valence-corrected chi connectivity index (χ4v) is 5.82. The molecule has 9 heteroatoms. The fraction of sp³-hybridized carbons (Fsp3) is 0.280. The molecule has 1 aliphatic rings.